The van der Waals surface area contributed by atoms with Crippen molar-refractivity contribution < 1.29 is 4.74 Å². The van der Waals surface area contributed by atoms with E-state index in [-0.39, 0.29) is 0 Å². The van der Waals surface area contributed by atoms with E-state index in [9.17, 15) is 0 Å². The molecule has 0 fully saturated rings. The number of hydrogen-bond acceptors (Lipinski definition) is 3. The lowest BCUT2D eigenvalue weighted by molar-refractivity contribution is 0.313. The molecular weight excluding hydrogens is 238 g/mol. The summed E-state index contributed by atoms with van der Waals surface area (Å²) >= 11 is 0. The van der Waals surface area contributed by atoms with Gasteiger partial charge in [0.2, 0.25) is 0 Å². The first kappa shape index (κ1) is 13.6. The quantitative estimate of drug-likeness (QED) is 0.861. The first-order chi connectivity index (χ1) is 9.22. The molecule has 4 nitrogen and oxygen atoms in total. The number of benzene rings is 1. The minimum Gasteiger partial charge on any atom is -0.493 e. The van der Waals surface area contributed by atoms with Gasteiger partial charge in [0, 0.05) is 25.4 Å². The molecular formula is C15H21N3O. The van der Waals surface area contributed by atoms with Crippen molar-refractivity contribution in [1.29, 1.82) is 0 Å². The molecule has 19 heavy (non-hydrogen) atoms. The molecule has 0 radical (unpaired) electrons. The maximum Gasteiger partial charge on any atom is 0.125 e. The topological polar surface area (TPSA) is 53.1 Å². The highest BCUT2D eigenvalue weighted by Crippen LogP contribution is 2.23. The van der Waals surface area contributed by atoms with Crippen LogP contribution in [-0.4, -0.2) is 22.9 Å². The van der Waals surface area contributed by atoms with E-state index in [4.69, 9.17) is 10.5 Å². The Morgan fingerprint density at radius 1 is 1.26 bits per heavy atom. The Labute approximate surface area is 114 Å². The molecule has 2 N–H and O–H groups in total. The zero-order valence-corrected chi connectivity index (χ0v) is 11.6. The van der Waals surface area contributed by atoms with Gasteiger partial charge in [0.25, 0.3) is 0 Å². The monoisotopic (exact) mass is 259 g/mol. The molecule has 1 heterocycles. The van der Waals surface area contributed by atoms with E-state index in [1.807, 2.05) is 30.1 Å². The summed E-state index contributed by atoms with van der Waals surface area (Å²) in [6.45, 7) is 3.36. The number of rotatable bonds is 6. The van der Waals surface area contributed by atoms with Crippen molar-refractivity contribution in [1.82, 2.24) is 9.78 Å². The Hall–Kier alpha value is -1.81. The van der Waals surface area contributed by atoms with Gasteiger partial charge in [-0.2, -0.15) is 5.10 Å². The fourth-order valence-corrected chi connectivity index (χ4v) is 2.18. The van der Waals surface area contributed by atoms with Gasteiger partial charge in [-0.3, -0.25) is 4.68 Å². The molecule has 0 saturated carbocycles. The number of para-hydroxylation sites is 1. The van der Waals surface area contributed by atoms with Crippen LogP contribution in [0.25, 0.3) is 0 Å². The van der Waals surface area contributed by atoms with Crippen LogP contribution in [0, 0.1) is 6.92 Å². The van der Waals surface area contributed by atoms with Crippen molar-refractivity contribution in [3.63, 3.8) is 0 Å². The molecule has 0 saturated heterocycles. The summed E-state index contributed by atoms with van der Waals surface area (Å²) in [5.41, 5.74) is 9.16. The van der Waals surface area contributed by atoms with Crippen LogP contribution in [0.5, 0.6) is 5.75 Å². The van der Waals surface area contributed by atoms with Crippen LogP contribution in [0.2, 0.25) is 0 Å². The Kier molecular flexibility index (Phi) is 4.58. The third-order valence-corrected chi connectivity index (χ3v) is 3.23. The largest absolute Gasteiger partial charge is 0.493 e. The standard InChI is InChI=1S/C15H21N3O/c1-12-4-3-5-13(6-9-16)15(12)19-11-8-14-7-10-17-18(14)2/h3-5,7,10H,6,8-9,11,16H2,1-2H3. The molecule has 0 unspecified atom stereocenters. The first-order valence-corrected chi connectivity index (χ1v) is 6.60. The third-order valence-electron chi connectivity index (χ3n) is 3.23. The zero-order valence-electron chi connectivity index (χ0n) is 11.6. The molecule has 0 bridgehead atoms. The third kappa shape index (κ3) is 3.35. The molecule has 102 valence electrons. The molecule has 1 aromatic carbocycles. The second kappa shape index (κ2) is 6.38. The summed E-state index contributed by atoms with van der Waals surface area (Å²) in [5.74, 6) is 0.982. The van der Waals surface area contributed by atoms with E-state index in [1.54, 1.807) is 0 Å². The smallest absolute Gasteiger partial charge is 0.125 e. The Bertz CT molecular complexity index is 534. The maximum absolute atomic E-state index is 5.95. The van der Waals surface area contributed by atoms with Crippen molar-refractivity contribution in [3.05, 3.63) is 47.3 Å². The minimum absolute atomic E-state index is 0.640. The van der Waals surface area contributed by atoms with Crippen LogP contribution < -0.4 is 10.5 Å². The average Bonchev–Trinajstić information content (AvgIpc) is 2.79. The summed E-state index contributed by atoms with van der Waals surface area (Å²) in [4.78, 5) is 0. The first-order valence-electron chi connectivity index (χ1n) is 6.60. The minimum atomic E-state index is 0.640. The van der Waals surface area contributed by atoms with Crippen molar-refractivity contribution in [3.8, 4) is 5.75 Å². The highest BCUT2D eigenvalue weighted by Gasteiger charge is 2.07. The Morgan fingerprint density at radius 3 is 2.79 bits per heavy atom. The van der Waals surface area contributed by atoms with Crippen LogP contribution >= 0.6 is 0 Å². The highest BCUT2D eigenvalue weighted by molar-refractivity contribution is 5.41. The fourth-order valence-electron chi connectivity index (χ4n) is 2.18. The van der Waals surface area contributed by atoms with E-state index in [2.05, 4.69) is 24.2 Å². The highest BCUT2D eigenvalue weighted by atomic mass is 16.5. The molecule has 2 rings (SSSR count). The predicted molar refractivity (Wildman–Crippen MR) is 76.3 cm³/mol. The van der Waals surface area contributed by atoms with Gasteiger partial charge in [-0.1, -0.05) is 18.2 Å². The van der Waals surface area contributed by atoms with Crippen LogP contribution in [0.3, 0.4) is 0 Å². The van der Waals surface area contributed by atoms with Crippen molar-refractivity contribution >= 4 is 0 Å². The van der Waals surface area contributed by atoms with Gasteiger partial charge in [0.1, 0.15) is 5.75 Å². The molecule has 0 aliphatic carbocycles. The maximum atomic E-state index is 5.95. The van der Waals surface area contributed by atoms with Crippen molar-refractivity contribution in [2.75, 3.05) is 13.2 Å². The molecule has 0 aliphatic heterocycles. The Balaban J connectivity index is 2.01. The van der Waals surface area contributed by atoms with Crippen molar-refractivity contribution in [2.24, 2.45) is 12.8 Å². The van der Waals surface area contributed by atoms with Gasteiger partial charge in [0.15, 0.2) is 0 Å². The number of hydrogen-bond donors (Lipinski definition) is 1. The molecule has 0 atom stereocenters. The van der Waals surface area contributed by atoms with Gasteiger partial charge >= 0.3 is 0 Å². The number of ether oxygens (including phenoxy) is 1. The van der Waals surface area contributed by atoms with Crippen LogP contribution in [0.1, 0.15) is 16.8 Å². The second-order valence-electron chi connectivity index (χ2n) is 4.65. The summed E-state index contributed by atoms with van der Waals surface area (Å²) in [6, 6.07) is 8.22. The van der Waals surface area contributed by atoms with E-state index in [0.29, 0.717) is 13.2 Å². The van der Waals surface area contributed by atoms with Crippen molar-refractivity contribution in [2.45, 2.75) is 19.8 Å². The van der Waals surface area contributed by atoms with Gasteiger partial charge in [-0.15, -0.1) is 0 Å². The lowest BCUT2D eigenvalue weighted by Crippen LogP contribution is -2.10. The number of aryl methyl sites for hydroxylation is 2. The lowest BCUT2D eigenvalue weighted by atomic mass is 10.1. The van der Waals surface area contributed by atoms with E-state index in [1.165, 1.54) is 11.3 Å². The summed E-state index contributed by atoms with van der Waals surface area (Å²) in [7, 11) is 1.95. The molecule has 2 aromatic rings. The zero-order chi connectivity index (χ0) is 13.7. The normalized spacial score (nSPS) is 10.7. The van der Waals surface area contributed by atoms with Gasteiger partial charge in [-0.05, 0) is 37.1 Å². The van der Waals surface area contributed by atoms with Gasteiger partial charge in [0.05, 0.1) is 6.61 Å². The van der Waals surface area contributed by atoms with Gasteiger partial charge in [-0.25, -0.2) is 0 Å². The summed E-state index contributed by atoms with van der Waals surface area (Å²) in [6.07, 6.45) is 3.51. The van der Waals surface area contributed by atoms with Crippen LogP contribution in [0.4, 0.5) is 0 Å². The number of nitrogens with two attached hydrogens (primary N) is 1. The molecule has 0 spiro atoms. The van der Waals surface area contributed by atoms with E-state index < -0.39 is 0 Å². The van der Waals surface area contributed by atoms with Gasteiger partial charge < -0.3 is 10.5 Å². The SMILES string of the molecule is Cc1cccc(CCN)c1OCCc1ccnn1C. The van der Waals surface area contributed by atoms with E-state index >= 15 is 0 Å². The molecule has 4 heteroatoms. The summed E-state index contributed by atoms with van der Waals surface area (Å²) < 4.78 is 7.83. The molecule has 0 amide bonds. The number of aromatic nitrogens is 2. The Morgan fingerprint density at radius 2 is 2.11 bits per heavy atom. The molecule has 0 aliphatic rings. The van der Waals surface area contributed by atoms with Crippen LogP contribution in [0.15, 0.2) is 30.5 Å². The predicted octanol–water partition coefficient (Wildman–Crippen LogP) is 1.85. The molecule has 1 aromatic heterocycles. The van der Waals surface area contributed by atoms with E-state index in [0.717, 1.165) is 24.2 Å². The second-order valence-corrected chi connectivity index (χ2v) is 4.65. The fraction of sp³-hybridized carbons (Fsp3) is 0.400. The lowest BCUT2D eigenvalue weighted by Gasteiger charge is -2.13. The average molecular weight is 259 g/mol. The summed E-state index contributed by atoms with van der Waals surface area (Å²) in [5, 5.41) is 4.15. The number of nitrogens with zero attached hydrogens (tertiary/aromatic N) is 2. The van der Waals surface area contributed by atoms with Crippen LogP contribution in [-0.2, 0) is 19.9 Å².